The molecule has 1 saturated carbocycles. The fraction of sp³-hybridized carbons (Fsp3) is 0.944. The summed E-state index contributed by atoms with van der Waals surface area (Å²) in [6.45, 7) is 11.5. The summed E-state index contributed by atoms with van der Waals surface area (Å²) in [5.41, 5.74) is -0.397. The molecule has 0 aromatic rings. The smallest absolute Gasteiger partial charge is 0.410 e. The summed E-state index contributed by atoms with van der Waals surface area (Å²) < 4.78 is 11.2. The van der Waals surface area contributed by atoms with E-state index in [1.807, 2.05) is 25.7 Å². The minimum absolute atomic E-state index is 0.152. The Hall–Kier alpha value is -0.770. The van der Waals surface area contributed by atoms with Crippen LogP contribution in [0.2, 0.25) is 0 Å². The van der Waals surface area contributed by atoms with Gasteiger partial charge in [-0.05, 0) is 64.2 Å². The van der Waals surface area contributed by atoms with E-state index in [4.69, 9.17) is 9.47 Å². The van der Waals surface area contributed by atoms with Crippen LogP contribution in [0.15, 0.2) is 0 Å². The molecule has 2 rings (SSSR count). The predicted octanol–water partition coefficient (Wildman–Crippen LogP) is 4.09. The fourth-order valence-corrected chi connectivity index (χ4v) is 3.36. The lowest BCUT2D eigenvalue weighted by molar-refractivity contribution is 0.0170. The lowest BCUT2D eigenvalue weighted by Gasteiger charge is -2.33. The van der Waals surface area contributed by atoms with E-state index in [9.17, 15) is 4.79 Å². The molecule has 2 fully saturated rings. The van der Waals surface area contributed by atoms with Crippen molar-refractivity contribution in [1.82, 2.24) is 4.90 Å². The van der Waals surface area contributed by atoms with E-state index < -0.39 is 5.60 Å². The van der Waals surface area contributed by atoms with Crippen molar-refractivity contribution >= 4 is 6.09 Å². The third-order valence-corrected chi connectivity index (χ3v) is 4.75. The summed E-state index contributed by atoms with van der Waals surface area (Å²) in [7, 11) is 0. The summed E-state index contributed by atoms with van der Waals surface area (Å²) in [5, 5.41) is 0. The van der Waals surface area contributed by atoms with Crippen molar-refractivity contribution in [3.63, 3.8) is 0 Å². The van der Waals surface area contributed by atoms with Gasteiger partial charge in [0, 0.05) is 26.3 Å². The molecule has 4 nitrogen and oxygen atoms in total. The Morgan fingerprint density at radius 2 is 1.91 bits per heavy atom. The van der Waals surface area contributed by atoms with Crippen molar-refractivity contribution in [2.45, 2.75) is 65.4 Å². The number of unbranched alkanes of at least 4 members (excludes halogenated alkanes) is 1. The highest BCUT2D eigenvalue weighted by atomic mass is 16.6. The second-order valence-electron chi connectivity index (χ2n) is 7.89. The Labute approximate surface area is 135 Å². The molecular weight excluding hydrogens is 278 g/mol. The highest BCUT2D eigenvalue weighted by Gasteiger charge is 2.44. The van der Waals surface area contributed by atoms with Crippen LogP contribution in [0, 0.1) is 17.8 Å². The van der Waals surface area contributed by atoms with Gasteiger partial charge in [0.15, 0.2) is 0 Å². The van der Waals surface area contributed by atoms with Gasteiger partial charge in [0.25, 0.3) is 0 Å². The van der Waals surface area contributed by atoms with Gasteiger partial charge in [-0.2, -0.15) is 0 Å². The molecule has 1 amide bonds. The molecule has 2 aliphatic rings. The molecule has 0 unspecified atom stereocenters. The number of piperidine rings is 1. The molecule has 1 heterocycles. The van der Waals surface area contributed by atoms with Gasteiger partial charge in [-0.15, -0.1) is 0 Å². The van der Waals surface area contributed by atoms with E-state index in [1.54, 1.807) is 0 Å². The number of ether oxygens (including phenoxy) is 2. The first-order chi connectivity index (χ1) is 10.4. The number of carbonyl (C=O) groups excluding carboxylic acids is 1. The van der Waals surface area contributed by atoms with Gasteiger partial charge in [0.1, 0.15) is 5.60 Å². The van der Waals surface area contributed by atoms with E-state index >= 15 is 0 Å². The summed E-state index contributed by atoms with van der Waals surface area (Å²) in [4.78, 5) is 13.9. The van der Waals surface area contributed by atoms with Crippen LogP contribution in [0.5, 0.6) is 0 Å². The summed E-state index contributed by atoms with van der Waals surface area (Å²) in [6.07, 6.45) is 5.79. The molecule has 128 valence electrons. The highest BCUT2D eigenvalue weighted by Crippen LogP contribution is 2.48. The minimum Gasteiger partial charge on any atom is -0.444 e. The van der Waals surface area contributed by atoms with Crippen LogP contribution >= 0.6 is 0 Å². The van der Waals surface area contributed by atoms with Crippen LogP contribution < -0.4 is 0 Å². The quantitative estimate of drug-likeness (QED) is 0.694. The molecule has 0 bridgehead atoms. The van der Waals surface area contributed by atoms with Crippen LogP contribution in [0.3, 0.4) is 0 Å². The number of carbonyl (C=O) groups is 1. The third-order valence-electron chi connectivity index (χ3n) is 4.75. The zero-order chi connectivity index (χ0) is 16.2. The summed E-state index contributed by atoms with van der Waals surface area (Å²) in [5.74, 6) is 2.39. The van der Waals surface area contributed by atoms with Crippen LogP contribution in [0.25, 0.3) is 0 Å². The SMILES string of the molecule is CCCCOC[C@@H]1C[C@H]1C1CCN(C(=O)OC(C)(C)C)CC1. The number of rotatable bonds is 6. The van der Waals surface area contributed by atoms with Crippen LogP contribution in [0.4, 0.5) is 4.79 Å². The van der Waals surface area contributed by atoms with Crippen molar-refractivity contribution < 1.29 is 14.3 Å². The highest BCUT2D eigenvalue weighted by molar-refractivity contribution is 5.68. The first-order valence-electron chi connectivity index (χ1n) is 8.96. The summed E-state index contributed by atoms with van der Waals surface area (Å²) in [6, 6.07) is 0. The summed E-state index contributed by atoms with van der Waals surface area (Å²) >= 11 is 0. The maximum atomic E-state index is 12.1. The first-order valence-corrected chi connectivity index (χ1v) is 8.96. The van der Waals surface area contributed by atoms with E-state index in [0.717, 1.165) is 56.9 Å². The average molecular weight is 311 g/mol. The van der Waals surface area contributed by atoms with Gasteiger partial charge < -0.3 is 14.4 Å². The van der Waals surface area contributed by atoms with Gasteiger partial charge in [-0.1, -0.05) is 13.3 Å². The maximum Gasteiger partial charge on any atom is 0.410 e. The zero-order valence-corrected chi connectivity index (χ0v) is 14.8. The molecule has 0 N–H and O–H groups in total. The molecule has 1 aliphatic carbocycles. The zero-order valence-electron chi connectivity index (χ0n) is 14.8. The van der Waals surface area contributed by atoms with Gasteiger partial charge in [-0.3, -0.25) is 0 Å². The van der Waals surface area contributed by atoms with E-state index in [2.05, 4.69) is 6.92 Å². The van der Waals surface area contributed by atoms with E-state index in [0.29, 0.717) is 0 Å². The topological polar surface area (TPSA) is 38.8 Å². The lowest BCUT2D eigenvalue weighted by atomic mass is 9.91. The average Bonchev–Trinajstić information content (AvgIpc) is 3.21. The number of nitrogens with zero attached hydrogens (tertiary/aromatic N) is 1. The standard InChI is InChI=1S/C18H33NO3/c1-5-6-11-21-13-15-12-16(15)14-7-9-19(10-8-14)17(20)22-18(2,3)4/h14-16H,5-13H2,1-4H3/t15-,16-/m0/s1. The van der Waals surface area contributed by atoms with Gasteiger partial charge in [0.2, 0.25) is 0 Å². The molecule has 0 spiro atoms. The molecule has 1 saturated heterocycles. The van der Waals surface area contributed by atoms with E-state index in [1.165, 1.54) is 19.3 Å². The lowest BCUT2D eigenvalue weighted by Crippen LogP contribution is -2.42. The Balaban J connectivity index is 1.63. The van der Waals surface area contributed by atoms with Crippen LogP contribution in [-0.4, -0.2) is 42.9 Å². The normalized spacial score (nSPS) is 26.1. The number of likely N-dealkylation sites (tertiary alicyclic amines) is 1. The van der Waals surface area contributed by atoms with Crippen LogP contribution in [0.1, 0.15) is 59.8 Å². The predicted molar refractivity (Wildman–Crippen MR) is 87.9 cm³/mol. The Kier molecular flexibility index (Phi) is 6.13. The second kappa shape index (κ2) is 7.67. The molecule has 0 aromatic heterocycles. The van der Waals surface area contributed by atoms with Gasteiger partial charge in [-0.25, -0.2) is 4.79 Å². The Morgan fingerprint density at radius 3 is 2.50 bits per heavy atom. The van der Waals surface area contributed by atoms with Crippen molar-refractivity contribution in [1.29, 1.82) is 0 Å². The van der Waals surface area contributed by atoms with Crippen molar-refractivity contribution in [3.8, 4) is 0 Å². The monoisotopic (exact) mass is 311 g/mol. The molecule has 2 atom stereocenters. The largest absolute Gasteiger partial charge is 0.444 e. The number of hydrogen-bond acceptors (Lipinski definition) is 3. The first kappa shape index (κ1) is 17.6. The maximum absolute atomic E-state index is 12.1. The van der Waals surface area contributed by atoms with Gasteiger partial charge >= 0.3 is 6.09 Å². The van der Waals surface area contributed by atoms with Crippen LogP contribution in [-0.2, 0) is 9.47 Å². The van der Waals surface area contributed by atoms with E-state index in [-0.39, 0.29) is 6.09 Å². The Morgan fingerprint density at radius 1 is 1.23 bits per heavy atom. The molecular formula is C18H33NO3. The fourth-order valence-electron chi connectivity index (χ4n) is 3.36. The van der Waals surface area contributed by atoms with Crippen molar-refractivity contribution in [2.24, 2.45) is 17.8 Å². The second-order valence-corrected chi connectivity index (χ2v) is 7.89. The number of hydrogen-bond donors (Lipinski definition) is 0. The van der Waals surface area contributed by atoms with Crippen molar-refractivity contribution in [2.75, 3.05) is 26.3 Å². The minimum atomic E-state index is -0.397. The van der Waals surface area contributed by atoms with Crippen molar-refractivity contribution in [3.05, 3.63) is 0 Å². The van der Waals surface area contributed by atoms with Gasteiger partial charge in [0.05, 0.1) is 0 Å². The Bertz CT molecular complexity index is 356. The molecule has 4 heteroatoms. The molecule has 1 aliphatic heterocycles. The third kappa shape index (κ3) is 5.45. The number of amides is 1. The molecule has 22 heavy (non-hydrogen) atoms. The molecule has 0 aromatic carbocycles. The molecule has 0 radical (unpaired) electrons.